The minimum Gasteiger partial charge on any atom is -0.467 e. The summed E-state index contributed by atoms with van der Waals surface area (Å²) in [5.74, 6) is -2.32. The second-order valence-corrected chi connectivity index (χ2v) is 15.0. The minimum atomic E-state index is -4.27. The molecule has 5 atom stereocenters. The molecule has 3 rings (SSSR count). The summed E-state index contributed by atoms with van der Waals surface area (Å²) < 4.78 is 42.8. The summed E-state index contributed by atoms with van der Waals surface area (Å²) in [5, 5.41) is 5.38. The highest BCUT2D eigenvalue weighted by atomic mass is 79.9. The number of rotatable bonds is 15. The van der Waals surface area contributed by atoms with Crippen molar-refractivity contribution >= 4 is 49.9 Å². The molecule has 1 aliphatic carbocycles. The van der Waals surface area contributed by atoms with Crippen LogP contribution in [0.2, 0.25) is 0 Å². The third kappa shape index (κ3) is 9.64. The Bertz CT molecular complexity index is 1410. The molecule has 0 spiro atoms. The molecule has 1 aromatic carbocycles. The molecule has 46 heavy (non-hydrogen) atoms. The van der Waals surface area contributed by atoms with Crippen molar-refractivity contribution in [1.82, 2.24) is 15.5 Å². The molecule has 1 saturated heterocycles. The number of amides is 3. The van der Waals surface area contributed by atoms with Crippen LogP contribution in [0, 0.1) is 5.92 Å². The maximum Gasteiger partial charge on any atom is 0.408 e. The Kier molecular flexibility index (Phi) is 12.6. The highest BCUT2D eigenvalue weighted by molar-refractivity contribution is 9.10. The predicted molar refractivity (Wildman–Crippen MR) is 174 cm³/mol. The fourth-order valence-corrected chi connectivity index (χ4v) is 6.75. The lowest BCUT2D eigenvalue weighted by Gasteiger charge is -2.30. The normalized spacial score (nSPS) is 23.2. The van der Waals surface area contributed by atoms with Gasteiger partial charge in [0.05, 0.1) is 18.1 Å². The van der Waals surface area contributed by atoms with Crippen LogP contribution in [0.4, 0.5) is 4.79 Å². The van der Waals surface area contributed by atoms with E-state index in [0.29, 0.717) is 10.9 Å². The lowest BCUT2D eigenvalue weighted by molar-refractivity contribution is -0.148. The smallest absolute Gasteiger partial charge is 0.408 e. The molecule has 1 heterocycles. The van der Waals surface area contributed by atoms with Crippen LogP contribution in [0.1, 0.15) is 65.7 Å². The number of halogens is 1. The third-order valence-electron chi connectivity index (χ3n) is 7.80. The van der Waals surface area contributed by atoms with E-state index in [0.717, 1.165) is 19.3 Å². The number of nitrogens with zero attached hydrogens (tertiary/aromatic N) is 1. The second-order valence-electron chi connectivity index (χ2n) is 12.5. The van der Waals surface area contributed by atoms with Crippen LogP contribution in [0.3, 0.4) is 0 Å². The molecule has 254 valence electrons. The first kappa shape index (κ1) is 37.2. The van der Waals surface area contributed by atoms with E-state index >= 15 is 0 Å². The summed E-state index contributed by atoms with van der Waals surface area (Å²) in [6.07, 6.45) is 4.75. The lowest BCUT2D eigenvalue weighted by Crippen LogP contribution is -2.56. The number of hydrogen-bond acceptors (Lipinski definition) is 9. The Hall–Kier alpha value is -3.23. The standard InChI is InChI=1S/C32H44BrN3O9S/c1-7-9-10-11-12-13-25(34-30(40)44-31(3,4)5)28(38)36-20-23(45-46(41,42)24-16-14-22(33)15-17-24)18-26(36)27(37)35-32(29(39)43-6)19-21(32)8-2/h7-8,14-17,21,23,25-26H,1-2,9-13,18-20H2,3-6H3,(H,34,40)(H,35,37)/t21?,23-,25-,26?,32+/m0/s1. The van der Waals surface area contributed by atoms with Gasteiger partial charge in [0.1, 0.15) is 23.2 Å². The van der Waals surface area contributed by atoms with Gasteiger partial charge in [-0.05, 0) is 70.7 Å². The number of esters is 1. The highest BCUT2D eigenvalue weighted by Gasteiger charge is 2.62. The minimum absolute atomic E-state index is 0.0954. The number of likely N-dealkylation sites (tertiary alicyclic amines) is 1. The predicted octanol–water partition coefficient (Wildman–Crippen LogP) is 4.39. The van der Waals surface area contributed by atoms with Crippen LogP contribution in [-0.2, 0) is 38.2 Å². The lowest BCUT2D eigenvalue weighted by atomic mass is 10.0. The van der Waals surface area contributed by atoms with E-state index in [1.807, 2.05) is 0 Å². The van der Waals surface area contributed by atoms with Crippen molar-refractivity contribution in [3.8, 4) is 0 Å². The molecule has 1 aromatic rings. The highest BCUT2D eigenvalue weighted by Crippen LogP contribution is 2.45. The summed E-state index contributed by atoms with van der Waals surface area (Å²) in [6.45, 7) is 12.3. The molecule has 1 saturated carbocycles. The number of nitrogens with one attached hydrogen (secondary N) is 2. The topological polar surface area (TPSA) is 157 Å². The Balaban J connectivity index is 1.90. The number of allylic oxidation sites excluding steroid dienone is 1. The molecule has 14 heteroatoms. The zero-order valence-electron chi connectivity index (χ0n) is 26.8. The van der Waals surface area contributed by atoms with Crippen LogP contribution in [0.15, 0.2) is 58.9 Å². The van der Waals surface area contributed by atoms with Gasteiger partial charge in [-0.15, -0.1) is 13.2 Å². The Morgan fingerprint density at radius 2 is 1.80 bits per heavy atom. The van der Waals surface area contributed by atoms with Gasteiger partial charge in [-0.3, -0.25) is 13.8 Å². The second kappa shape index (κ2) is 15.6. The van der Waals surface area contributed by atoms with Crippen LogP contribution >= 0.6 is 15.9 Å². The van der Waals surface area contributed by atoms with E-state index in [9.17, 15) is 27.6 Å². The van der Waals surface area contributed by atoms with Crippen molar-refractivity contribution < 1.29 is 41.3 Å². The van der Waals surface area contributed by atoms with Crippen molar-refractivity contribution in [3.63, 3.8) is 0 Å². The first-order chi connectivity index (χ1) is 21.6. The summed E-state index contributed by atoms with van der Waals surface area (Å²) in [5.41, 5.74) is -2.17. The van der Waals surface area contributed by atoms with Gasteiger partial charge in [0, 0.05) is 23.4 Å². The van der Waals surface area contributed by atoms with Crippen molar-refractivity contribution in [2.45, 2.75) is 99.9 Å². The molecule has 0 radical (unpaired) electrons. The largest absolute Gasteiger partial charge is 0.467 e. The number of unbranched alkanes of at least 4 members (excludes halogenated alkanes) is 3. The zero-order chi connectivity index (χ0) is 34.3. The van der Waals surface area contributed by atoms with E-state index in [-0.39, 0.29) is 36.6 Å². The number of alkyl carbamates (subject to hydrolysis) is 1. The van der Waals surface area contributed by atoms with Crippen LogP contribution < -0.4 is 10.6 Å². The van der Waals surface area contributed by atoms with Gasteiger partial charge in [0.15, 0.2) is 0 Å². The zero-order valence-corrected chi connectivity index (χ0v) is 29.2. The SMILES string of the molecule is C=CCCCCC[C@H](NC(=O)OC(C)(C)C)C(=O)N1C[C@@H](OS(=O)(=O)c2ccc(Br)cc2)CC1C(=O)N[C@]1(C(=O)OC)CC1C=C. The third-order valence-corrected chi connectivity index (χ3v) is 9.70. The Labute approximate surface area is 279 Å². The average Bonchev–Trinajstić information content (AvgIpc) is 3.54. The fourth-order valence-electron chi connectivity index (χ4n) is 5.40. The molecule has 2 aliphatic rings. The first-order valence-electron chi connectivity index (χ1n) is 15.2. The van der Waals surface area contributed by atoms with Crippen LogP contribution in [0.5, 0.6) is 0 Å². The van der Waals surface area contributed by atoms with Crippen molar-refractivity contribution in [3.05, 3.63) is 54.0 Å². The molecule has 0 bridgehead atoms. The first-order valence-corrected chi connectivity index (χ1v) is 17.4. The molecular formula is C32H44BrN3O9S. The Morgan fingerprint density at radius 1 is 1.13 bits per heavy atom. The molecule has 3 amide bonds. The fraction of sp³-hybridized carbons (Fsp3) is 0.562. The van der Waals surface area contributed by atoms with E-state index in [4.69, 9.17) is 13.7 Å². The molecule has 12 nitrogen and oxygen atoms in total. The molecular weight excluding hydrogens is 682 g/mol. The van der Waals surface area contributed by atoms with E-state index < -0.39 is 63.3 Å². The molecule has 2 fully saturated rings. The number of carbonyl (C=O) groups excluding carboxylic acids is 4. The van der Waals surface area contributed by atoms with E-state index in [2.05, 4.69) is 39.7 Å². The van der Waals surface area contributed by atoms with Gasteiger partial charge < -0.3 is 25.0 Å². The van der Waals surface area contributed by atoms with Gasteiger partial charge in [-0.25, -0.2) is 9.59 Å². The number of methoxy groups -OCH3 is 1. The molecule has 1 aliphatic heterocycles. The maximum absolute atomic E-state index is 14.1. The van der Waals surface area contributed by atoms with Crippen molar-refractivity contribution in [1.29, 1.82) is 0 Å². The molecule has 0 aromatic heterocycles. The quantitative estimate of drug-likeness (QED) is 0.116. The summed E-state index contributed by atoms with van der Waals surface area (Å²) in [4.78, 5) is 54.5. The van der Waals surface area contributed by atoms with E-state index in [1.54, 1.807) is 45.1 Å². The number of benzene rings is 1. The number of hydrogen-bond donors (Lipinski definition) is 2. The summed E-state index contributed by atoms with van der Waals surface area (Å²) in [6, 6.07) is 3.56. The summed E-state index contributed by atoms with van der Waals surface area (Å²) >= 11 is 3.27. The van der Waals surface area contributed by atoms with Crippen LogP contribution in [-0.4, -0.2) is 80.2 Å². The summed E-state index contributed by atoms with van der Waals surface area (Å²) in [7, 11) is -3.06. The monoisotopic (exact) mass is 725 g/mol. The number of ether oxygens (including phenoxy) is 2. The Morgan fingerprint density at radius 3 is 2.37 bits per heavy atom. The van der Waals surface area contributed by atoms with Gasteiger partial charge in [0.2, 0.25) is 11.8 Å². The van der Waals surface area contributed by atoms with Gasteiger partial charge >= 0.3 is 12.1 Å². The molecule has 2 N–H and O–H groups in total. The van der Waals surface area contributed by atoms with Gasteiger partial charge in [-0.2, -0.15) is 8.42 Å². The van der Waals surface area contributed by atoms with Gasteiger partial charge in [0.25, 0.3) is 10.1 Å². The van der Waals surface area contributed by atoms with Crippen LogP contribution in [0.25, 0.3) is 0 Å². The van der Waals surface area contributed by atoms with Crippen molar-refractivity contribution in [2.75, 3.05) is 13.7 Å². The van der Waals surface area contributed by atoms with E-state index in [1.165, 1.54) is 24.1 Å². The maximum atomic E-state index is 14.1. The molecule has 2 unspecified atom stereocenters. The number of carbonyl (C=O) groups is 4. The average molecular weight is 727 g/mol. The van der Waals surface area contributed by atoms with Gasteiger partial charge in [-0.1, -0.05) is 40.9 Å². The van der Waals surface area contributed by atoms with Crippen molar-refractivity contribution in [2.24, 2.45) is 5.92 Å².